The molecule has 1 unspecified atom stereocenters. The molecule has 0 aromatic heterocycles. The fraction of sp³-hybridized carbons (Fsp3) is 0.917. The maximum absolute atomic E-state index is 12.4. The lowest BCUT2D eigenvalue weighted by molar-refractivity contribution is -0.147. The summed E-state index contributed by atoms with van der Waals surface area (Å²) in [6.45, 7) is 1.33. The van der Waals surface area contributed by atoms with E-state index in [4.69, 9.17) is 11.0 Å². The number of hydrogen-bond acceptors (Lipinski definition) is 3. The van der Waals surface area contributed by atoms with Crippen LogP contribution in [0.5, 0.6) is 0 Å². The summed E-state index contributed by atoms with van der Waals surface area (Å²) >= 11 is 0. The quantitative estimate of drug-likeness (QED) is 0.767. The molecule has 104 valence electrons. The fourth-order valence-electron chi connectivity index (χ4n) is 1.97. The van der Waals surface area contributed by atoms with Crippen LogP contribution in [0.25, 0.3) is 0 Å². The molecule has 1 aliphatic rings. The van der Waals surface area contributed by atoms with Gasteiger partial charge in [0, 0.05) is 6.04 Å². The van der Waals surface area contributed by atoms with E-state index in [1.807, 2.05) is 13.0 Å². The summed E-state index contributed by atoms with van der Waals surface area (Å²) in [5.74, 6) is 0. The van der Waals surface area contributed by atoms with E-state index in [-0.39, 0.29) is 6.04 Å². The van der Waals surface area contributed by atoms with E-state index in [0.717, 1.165) is 12.8 Å². The van der Waals surface area contributed by atoms with Crippen LogP contribution in [0.1, 0.15) is 39.0 Å². The molecule has 18 heavy (non-hydrogen) atoms. The van der Waals surface area contributed by atoms with E-state index in [9.17, 15) is 13.2 Å². The molecule has 0 aromatic carbocycles. The van der Waals surface area contributed by atoms with E-state index in [2.05, 4.69) is 0 Å². The second-order valence-corrected chi connectivity index (χ2v) is 5.04. The van der Waals surface area contributed by atoms with E-state index < -0.39 is 18.3 Å². The van der Waals surface area contributed by atoms with Crippen molar-refractivity contribution in [3.63, 3.8) is 0 Å². The van der Waals surface area contributed by atoms with Crippen LogP contribution in [0.15, 0.2) is 0 Å². The van der Waals surface area contributed by atoms with Gasteiger partial charge in [-0.25, -0.2) is 0 Å². The van der Waals surface area contributed by atoms with Crippen molar-refractivity contribution in [3.8, 4) is 6.07 Å². The van der Waals surface area contributed by atoms with Crippen molar-refractivity contribution >= 4 is 0 Å². The Labute approximate surface area is 106 Å². The zero-order valence-electron chi connectivity index (χ0n) is 10.6. The molecule has 1 atom stereocenters. The molecule has 1 saturated carbocycles. The minimum absolute atomic E-state index is 0.0718. The lowest BCUT2D eigenvalue weighted by Gasteiger charge is -2.25. The Bertz CT molecular complexity index is 307. The Balaban J connectivity index is 2.37. The minimum atomic E-state index is -4.15. The van der Waals surface area contributed by atoms with E-state index in [1.165, 1.54) is 4.90 Å². The Morgan fingerprint density at radius 2 is 2.00 bits per heavy atom. The van der Waals surface area contributed by atoms with Gasteiger partial charge in [-0.05, 0) is 38.6 Å². The highest BCUT2D eigenvalue weighted by molar-refractivity contribution is 5.03. The molecule has 3 nitrogen and oxygen atoms in total. The first-order valence-electron chi connectivity index (χ1n) is 6.30. The molecule has 0 radical (unpaired) electrons. The summed E-state index contributed by atoms with van der Waals surface area (Å²) in [5, 5.41) is 8.89. The third kappa shape index (κ3) is 5.23. The van der Waals surface area contributed by atoms with Gasteiger partial charge in [-0.2, -0.15) is 18.4 Å². The highest BCUT2D eigenvalue weighted by Gasteiger charge is 2.37. The largest absolute Gasteiger partial charge is 0.401 e. The normalized spacial score (nSPS) is 19.6. The van der Waals surface area contributed by atoms with Gasteiger partial charge >= 0.3 is 6.18 Å². The molecule has 0 amide bonds. The van der Waals surface area contributed by atoms with Crippen LogP contribution >= 0.6 is 0 Å². The standard InChI is InChI=1S/C12H20F3N3/c1-2-11(17,8-16)6-3-7-18(10-4-5-10)9-12(13,14)15/h10H,2-7,9,17H2,1H3. The fourth-order valence-corrected chi connectivity index (χ4v) is 1.97. The van der Waals surface area contributed by atoms with E-state index in [1.54, 1.807) is 0 Å². The molecular weight excluding hydrogens is 243 g/mol. The van der Waals surface area contributed by atoms with Crippen molar-refractivity contribution in [2.24, 2.45) is 5.73 Å². The number of nitriles is 1. The average Bonchev–Trinajstić information content (AvgIpc) is 3.09. The van der Waals surface area contributed by atoms with Crippen molar-refractivity contribution < 1.29 is 13.2 Å². The number of hydrogen-bond donors (Lipinski definition) is 1. The van der Waals surface area contributed by atoms with Crippen LogP contribution in [0.4, 0.5) is 13.2 Å². The van der Waals surface area contributed by atoms with Gasteiger partial charge in [0.05, 0.1) is 12.6 Å². The molecule has 0 bridgehead atoms. The Hall–Kier alpha value is -0.800. The van der Waals surface area contributed by atoms with Crippen LogP contribution < -0.4 is 5.73 Å². The second-order valence-electron chi connectivity index (χ2n) is 5.04. The SMILES string of the molecule is CCC(N)(C#N)CCCN(CC(F)(F)F)C1CC1. The van der Waals surface area contributed by atoms with Gasteiger partial charge in [0.15, 0.2) is 0 Å². The Morgan fingerprint density at radius 3 is 2.39 bits per heavy atom. The summed E-state index contributed by atoms with van der Waals surface area (Å²) < 4.78 is 37.1. The van der Waals surface area contributed by atoms with Gasteiger partial charge in [0.25, 0.3) is 0 Å². The predicted octanol–water partition coefficient (Wildman–Crippen LogP) is 2.42. The Kier molecular flexibility index (Phi) is 5.00. The molecular formula is C12H20F3N3. The van der Waals surface area contributed by atoms with Crippen molar-refractivity contribution in [2.75, 3.05) is 13.1 Å². The maximum atomic E-state index is 12.4. The molecule has 0 spiro atoms. The highest BCUT2D eigenvalue weighted by atomic mass is 19.4. The van der Waals surface area contributed by atoms with Crippen LogP contribution in [0, 0.1) is 11.3 Å². The monoisotopic (exact) mass is 263 g/mol. The van der Waals surface area contributed by atoms with Gasteiger partial charge < -0.3 is 5.73 Å². The molecule has 1 fully saturated rings. The first kappa shape index (κ1) is 15.3. The number of nitrogens with zero attached hydrogens (tertiary/aromatic N) is 2. The molecule has 0 aromatic rings. The van der Waals surface area contributed by atoms with Gasteiger partial charge in [-0.15, -0.1) is 0 Å². The van der Waals surface area contributed by atoms with Crippen LogP contribution in [0.2, 0.25) is 0 Å². The molecule has 0 saturated heterocycles. The maximum Gasteiger partial charge on any atom is 0.401 e. The second kappa shape index (κ2) is 5.89. The van der Waals surface area contributed by atoms with Gasteiger partial charge in [-0.3, -0.25) is 4.90 Å². The molecule has 1 aliphatic carbocycles. The zero-order valence-corrected chi connectivity index (χ0v) is 10.6. The topological polar surface area (TPSA) is 53.1 Å². The molecule has 2 N–H and O–H groups in total. The van der Waals surface area contributed by atoms with Crippen LogP contribution in [0.3, 0.4) is 0 Å². The lowest BCUT2D eigenvalue weighted by atomic mass is 9.93. The average molecular weight is 263 g/mol. The summed E-state index contributed by atoms with van der Waals surface area (Å²) in [6.07, 6.45) is -0.966. The lowest BCUT2D eigenvalue weighted by Crippen LogP contribution is -2.40. The summed E-state index contributed by atoms with van der Waals surface area (Å²) in [4.78, 5) is 1.47. The number of rotatable bonds is 7. The van der Waals surface area contributed by atoms with Crippen LogP contribution in [-0.2, 0) is 0 Å². The highest BCUT2D eigenvalue weighted by Crippen LogP contribution is 2.30. The van der Waals surface area contributed by atoms with Crippen LogP contribution in [-0.4, -0.2) is 35.7 Å². The third-order valence-electron chi connectivity index (χ3n) is 3.37. The first-order valence-corrected chi connectivity index (χ1v) is 6.30. The zero-order chi connectivity index (χ0) is 13.8. The number of nitrogens with two attached hydrogens (primary N) is 1. The summed E-state index contributed by atoms with van der Waals surface area (Å²) in [6, 6.07) is 2.10. The predicted molar refractivity (Wildman–Crippen MR) is 62.7 cm³/mol. The Morgan fingerprint density at radius 1 is 1.39 bits per heavy atom. The number of alkyl halides is 3. The third-order valence-corrected chi connectivity index (χ3v) is 3.37. The summed E-state index contributed by atoms with van der Waals surface area (Å²) in [5.41, 5.74) is 4.90. The van der Waals surface area contributed by atoms with E-state index >= 15 is 0 Å². The minimum Gasteiger partial charge on any atom is -0.313 e. The van der Waals surface area contributed by atoms with Gasteiger partial charge in [0.1, 0.15) is 5.54 Å². The van der Waals surface area contributed by atoms with Crippen molar-refractivity contribution in [2.45, 2.75) is 56.8 Å². The molecule has 1 rings (SSSR count). The van der Waals surface area contributed by atoms with Gasteiger partial charge in [-0.1, -0.05) is 6.92 Å². The van der Waals surface area contributed by atoms with Crippen molar-refractivity contribution in [1.82, 2.24) is 4.90 Å². The smallest absolute Gasteiger partial charge is 0.313 e. The van der Waals surface area contributed by atoms with Crippen molar-refractivity contribution in [1.29, 1.82) is 5.26 Å². The van der Waals surface area contributed by atoms with E-state index in [0.29, 0.717) is 25.8 Å². The molecule has 0 aliphatic heterocycles. The molecule has 6 heteroatoms. The molecule has 0 heterocycles. The summed E-state index contributed by atoms with van der Waals surface area (Å²) in [7, 11) is 0. The van der Waals surface area contributed by atoms with Gasteiger partial charge in [0.2, 0.25) is 0 Å². The first-order chi connectivity index (χ1) is 8.29. The van der Waals surface area contributed by atoms with Crippen molar-refractivity contribution in [3.05, 3.63) is 0 Å². The number of halogens is 3.